The summed E-state index contributed by atoms with van der Waals surface area (Å²) in [7, 11) is 0. The molecule has 1 radical (unpaired) electrons. The SMILES string of the molecule is CCCCN=C1[N]C=C(CC)S1. The van der Waals surface area contributed by atoms with Crippen LogP contribution in [0.5, 0.6) is 0 Å². The molecule has 2 nitrogen and oxygen atoms in total. The van der Waals surface area contributed by atoms with Gasteiger partial charge in [-0.25, -0.2) is 5.32 Å². The van der Waals surface area contributed by atoms with Crippen molar-refractivity contribution in [2.45, 2.75) is 33.1 Å². The molecule has 0 N–H and O–H groups in total. The molecule has 1 aliphatic heterocycles. The molecule has 0 saturated carbocycles. The van der Waals surface area contributed by atoms with Gasteiger partial charge in [0.2, 0.25) is 0 Å². The molecule has 0 aromatic rings. The van der Waals surface area contributed by atoms with Gasteiger partial charge in [-0.15, -0.1) is 0 Å². The number of rotatable bonds is 4. The first-order valence-corrected chi connectivity index (χ1v) is 5.30. The van der Waals surface area contributed by atoms with Crippen LogP contribution >= 0.6 is 11.8 Å². The van der Waals surface area contributed by atoms with Crippen LogP contribution in [0.15, 0.2) is 16.1 Å². The number of nitrogens with zero attached hydrogens (tertiary/aromatic N) is 2. The Morgan fingerprint density at radius 1 is 1.50 bits per heavy atom. The normalized spacial score (nSPS) is 19.5. The van der Waals surface area contributed by atoms with Crippen molar-refractivity contribution in [2.75, 3.05) is 6.54 Å². The van der Waals surface area contributed by atoms with Crippen molar-refractivity contribution in [3.05, 3.63) is 11.1 Å². The maximum absolute atomic E-state index is 4.37. The highest BCUT2D eigenvalue weighted by molar-refractivity contribution is 8.17. The number of thioether (sulfide) groups is 1. The van der Waals surface area contributed by atoms with E-state index in [2.05, 4.69) is 24.2 Å². The van der Waals surface area contributed by atoms with Gasteiger partial charge in [0.1, 0.15) is 0 Å². The van der Waals surface area contributed by atoms with Gasteiger partial charge in [-0.2, -0.15) is 0 Å². The molecular formula is C9H15N2S. The summed E-state index contributed by atoms with van der Waals surface area (Å²) in [5.74, 6) is 0. The third-order valence-corrected chi connectivity index (χ3v) is 2.72. The van der Waals surface area contributed by atoms with E-state index < -0.39 is 0 Å². The van der Waals surface area contributed by atoms with Crippen molar-refractivity contribution in [1.82, 2.24) is 5.32 Å². The topological polar surface area (TPSA) is 26.5 Å². The molecule has 0 unspecified atom stereocenters. The molecule has 0 aliphatic carbocycles. The summed E-state index contributed by atoms with van der Waals surface area (Å²) in [4.78, 5) is 5.70. The first-order valence-electron chi connectivity index (χ1n) is 4.49. The molecule has 0 saturated heterocycles. The fraction of sp³-hybridized carbons (Fsp3) is 0.667. The largest absolute Gasteiger partial charge is 0.261 e. The minimum absolute atomic E-state index is 0.924. The molecule has 0 spiro atoms. The standard InChI is InChI=1S/C9H15N2S/c1-3-5-6-10-9-11-7-8(4-2)12-9/h7H,3-6H2,1-2H3. The summed E-state index contributed by atoms with van der Waals surface area (Å²) in [6.45, 7) is 5.24. The molecule has 0 atom stereocenters. The average molecular weight is 183 g/mol. The van der Waals surface area contributed by atoms with Crippen LogP contribution in [0, 0.1) is 0 Å². The molecule has 0 aromatic heterocycles. The average Bonchev–Trinajstić information content (AvgIpc) is 2.53. The van der Waals surface area contributed by atoms with Gasteiger partial charge in [0.15, 0.2) is 5.17 Å². The van der Waals surface area contributed by atoms with Crippen molar-refractivity contribution in [3.63, 3.8) is 0 Å². The Hall–Kier alpha value is -0.440. The predicted molar refractivity (Wildman–Crippen MR) is 55.3 cm³/mol. The number of allylic oxidation sites excluding steroid dienone is 1. The third kappa shape index (κ3) is 2.89. The number of hydrogen-bond acceptors (Lipinski definition) is 2. The Morgan fingerprint density at radius 2 is 2.33 bits per heavy atom. The Kier molecular flexibility index (Phi) is 4.22. The molecule has 1 heterocycles. The number of hydrogen-bond donors (Lipinski definition) is 0. The van der Waals surface area contributed by atoms with E-state index in [9.17, 15) is 0 Å². The maximum atomic E-state index is 4.37. The van der Waals surface area contributed by atoms with Crippen molar-refractivity contribution in [2.24, 2.45) is 4.99 Å². The molecule has 1 aliphatic rings. The van der Waals surface area contributed by atoms with Gasteiger partial charge in [-0.1, -0.05) is 32.0 Å². The summed E-state index contributed by atoms with van der Waals surface area (Å²) in [6, 6.07) is 0. The second kappa shape index (κ2) is 5.25. The number of unbranched alkanes of at least 4 members (excludes halogenated alkanes) is 1. The van der Waals surface area contributed by atoms with Crippen LogP contribution in [0.1, 0.15) is 33.1 Å². The minimum Gasteiger partial charge on any atom is -0.261 e. The molecular weight excluding hydrogens is 168 g/mol. The quantitative estimate of drug-likeness (QED) is 0.615. The third-order valence-electron chi connectivity index (χ3n) is 1.65. The first-order chi connectivity index (χ1) is 5.86. The van der Waals surface area contributed by atoms with Gasteiger partial charge >= 0.3 is 0 Å². The fourth-order valence-corrected chi connectivity index (χ4v) is 1.61. The summed E-state index contributed by atoms with van der Waals surface area (Å²) in [6.07, 6.45) is 5.37. The monoisotopic (exact) mass is 183 g/mol. The van der Waals surface area contributed by atoms with Crippen LogP contribution in [0.3, 0.4) is 0 Å². The molecule has 0 bridgehead atoms. The van der Waals surface area contributed by atoms with Crippen LogP contribution in [0.4, 0.5) is 0 Å². The Labute approximate surface area is 78.5 Å². The van der Waals surface area contributed by atoms with Crippen molar-refractivity contribution < 1.29 is 0 Å². The minimum atomic E-state index is 0.924. The van der Waals surface area contributed by atoms with Crippen LogP contribution in [-0.4, -0.2) is 11.7 Å². The zero-order chi connectivity index (χ0) is 8.81. The number of aliphatic imine (C=N–C) groups is 1. The van der Waals surface area contributed by atoms with Gasteiger partial charge < -0.3 is 0 Å². The maximum Gasteiger partial charge on any atom is 0.187 e. The second-order valence-corrected chi connectivity index (χ2v) is 3.79. The summed E-state index contributed by atoms with van der Waals surface area (Å²) in [5.41, 5.74) is 0. The van der Waals surface area contributed by atoms with Crippen molar-refractivity contribution >= 4 is 16.9 Å². The highest BCUT2D eigenvalue weighted by atomic mass is 32.2. The second-order valence-electron chi connectivity index (χ2n) is 2.70. The van der Waals surface area contributed by atoms with E-state index >= 15 is 0 Å². The van der Waals surface area contributed by atoms with Gasteiger partial charge in [-0.3, -0.25) is 4.99 Å². The van der Waals surface area contributed by atoms with E-state index in [4.69, 9.17) is 0 Å². The summed E-state index contributed by atoms with van der Waals surface area (Å²) >= 11 is 1.71. The van der Waals surface area contributed by atoms with Gasteiger partial charge in [0.25, 0.3) is 0 Å². The van der Waals surface area contributed by atoms with E-state index in [0.717, 1.165) is 18.1 Å². The Balaban J connectivity index is 2.25. The van der Waals surface area contributed by atoms with Gasteiger partial charge in [0.05, 0.1) is 0 Å². The van der Waals surface area contributed by atoms with E-state index in [-0.39, 0.29) is 0 Å². The lowest BCUT2D eigenvalue weighted by atomic mass is 10.3. The van der Waals surface area contributed by atoms with Crippen molar-refractivity contribution in [1.29, 1.82) is 0 Å². The molecule has 3 heteroatoms. The van der Waals surface area contributed by atoms with Gasteiger partial charge in [-0.05, 0) is 12.8 Å². The van der Waals surface area contributed by atoms with Crippen molar-refractivity contribution in [3.8, 4) is 0 Å². The lowest BCUT2D eigenvalue weighted by Crippen LogP contribution is -2.00. The lowest BCUT2D eigenvalue weighted by molar-refractivity contribution is 0.807. The molecule has 12 heavy (non-hydrogen) atoms. The number of amidine groups is 1. The molecule has 0 amide bonds. The lowest BCUT2D eigenvalue weighted by Gasteiger charge is -1.94. The highest BCUT2D eigenvalue weighted by Gasteiger charge is 2.10. The Morgan fingerprint density at radius 3 is 2.92 bits per heavy atom. The zero-order valence-corrected chi connectivity index (χ0v) is 8.52. The summed E-state index contributed by atoms with van der Waals surface area (Å²) in [5, 5.41) is 5.16. The first kappa shape index (κ1) is 9.65. The van der Waals surface area contributed by atoms with Crippen LogP contribution in [0.2, 0.25) is 0 Å². The van der Waals surface area contributed by atoms with Crippen LogP contribution in [-0.2, 0) is 0 Å². The smallest absolute Gasteiger partial charge is 0.187 e. The van der Waals surface area contributed by atoms with Crippen LogP contribution in [0.25, 0.3) is 0 Å². The fourth-order valence-electron chi connectivity index (χ4n) is 0.867. The van der Waals surface area contributed by atoms with E-state index in [1.165, 1.54) is 17.7 Å². The molecule has 0 aromatic carbocycles. The Bertz CT molecular complexity index is 197. The molecule has 1 rings (SSSR count). The van der Waals surface area contributed by atoms with E-state index in [0.29, 0.717) is 0 Å². The summed E-state index contributed by atoms with van der Waals surface area (Å²) < 4.78 is 0. The van der Waals surface area contributed by atoms with E-state index in [1.54, 1.807) is 11.8 Å². The molecule has 67 valence electrons. The highest BCUT2D eigenvalue weighted by Crippen LogP contribution is 2.24. The van der Waals surface area contributed by atoms with Gasteiger partial charge in [0, 0.05) is 17.6 Å². The molecule has 0 fully saturated rings. The van der Waals surface area contributed by atoms with Crippen LogP contribution < -0.4 is 5.32 Å². The predicted octanol–water partition coefficient (Wildman–Crippen LogP) is 2.75. The zero-order valence-electron chi connectivity index (χ0n) is 7.71. The van der Waals surface area contributed by atoms with E-state index in [1.807, 2.05) is 6.20 Å².